The molecule has 1 saturated heterocycles. The highest BCUT2D eigenvalue weighted by Gasteiger charge is 2.25. The fourth-order valence-corrected chi connectivity index (χ4v) is 4.06. The van der Waals surface area contributed by atoms with Gasteiger partial charge in [0.25, 0.3) is 0 Å². The second kappa shape index (κ2) is 9.93. The monoisotopic (exact) mass is 453 g/mol. The molecular weight excluding hydrogens is 430 g/mol. The summed E-state index contributed by atoms with van der Waals surface area (Å²) in [5, 5.41) is 29.9. The number of para-hydroxylation sites is 1. The smallest absolute Gasteiger partial charge is 0.339 e. The Hall–Kier alpha value is -3.23. The van der Waals surface area contributed by atoms with Crippen LogP contribution in [0.25, 0.3) is 10.9 Å². The third-order valence-electron chi connectivity index (χ3n) is 5.47. The highest BCUT2D eigenvalue weighted by Crippen LogP contribution is 2.30. The average Bonchev–Trinajstić information content (AvgIpc) is 3.46. The molecule has 0 bridgehead atoms. The van der Waals surface area contributed by atoms with Gasteiger partial charge >= 0.3 is 5.97 Å². The van der Waals surface area contributed by atoms with Crippen molar-refractivity contribution in [3.63, 3.8) is 0 Å². The van der Waals surface area contributed by atoms with Gasteiger partial charge in [-0.2, -0.15) is 5.11 Å². The topological polar surface area (TPSA) is 102 Å². The Balaban J connectivity index is 0.000000207. The first-order valence-electron chi connectivity index (χ1n) is 10.5. The first kappa shape index (κ1) is 22.0. The molecule has 0 aliphatic carbocycles. The Morgan fingerprint density at radius 3 is 2.62 bits per heavy atom. The number of hydrogen-bond donors (Lipinski definition) is 2. The van der Waals surface area contributed by atoms with Gasteiger partial charge in [0.2, 0.25) is 0 Å². The largest absolute Gasteiger partial charge is 0.507 e. The van der Waals surface area contributed by atoms with E-state index < -0.39 is 5.97 Å². The summed E-state index contributed by atoms with van der Waals surface area (Å²) in [4.78, 5) is 17.1. The number of halogens is 1. The van der Waals surface area contributed by atoms with E-state index in [0.29, 0.717) is 5.02 Å². The van der Waals surface area contributed by atoms with E-state index in [1.165, 1.54) is 38.1 Å². The zero-order chi connectivity index (χ0) is 22.5. The van der Waals surface area contributed by atoms with Gasteiger partial charge in [0.15, 0.2) is 0 Å². The number of carboxylic acids is 1. The number of aromatic nitrogens is 1. The zero-order valence-electron chi connectivity index (χ0n) is 17.4. The number of nitrogens with zero attached hydrogens (tertiary/aromatic N) is 5. The van der Waals surface area contributed by atoms with Crippen molar-refractivity contribution in [1.29, 1.82) is 0 Å². The Kier molecular flexibility index (Phi) is 6.82. The van der Waals surface area contributed by atoms with Gasteiger partial charge in [0.1, 0.15) is 17.4 Å². The van der Waals surface area contributed by atoms with Crippen LogP contribution in [0.4, 0.5) is 5.69 Å². The normalized spacial score (nSPS) is 18.0. The predicted octanol–water partition coefficient (Wildman–Crippen LogP) is 4.63. The molecule has 0 spiro atoms. The second-order valence-electron chi connectivity index (χ2n) is 7.76. The Bertz CT molecular complexity index is 1130. The number of aromatic carboxylic acids is 1. The minimum absolute atomic E-state index is 0.0671. The molecule has 2 aliphatic rings. The van der Waals surface area contributed by atoms with E-state index >= 15 is 0 Å². The third kappa shape index (κ3) is 5.15. The molecule has 1 fully saturated rings. The number of rotatable bonds is 4. The van der Waals surface area contributed by atoms with Crippen LogP contribution in [0.2, 0.25) is 5.02 Å². The molecule has 2 aromatic carbocycles. The van der Waals surface area contributed by atoms with Crippen molar-refractivity contribution in [2.45, 2.75) is 18.9 Å². The second-order valence-corrected chi connectivity index (χ2v) is 8.20. The Morgan fingerprint density at radius 1 is 1.12 bits per heavy atom. The van der Waals surface area contributed by atoms with Crippen LogP contribution in [0.1, 0.15) is 23.2 Å². The van der Waals surface area contributed by atoms with Crippen molar-refractivity contribution in [2.24, 2.45) is 10.3 Å². The number of carboxylic acid groups (broad SMARTS) is 1. The molecule has 8 nitrogen and oxygen atoms in total. The van der Waals surface area contributed by atoms with Crippen LogP contribution in [0.3, 0.4) is 0 Å². The zero-order valence-corrected chi connectivity index (χ0v) is 18.2. The number of carbonyl (C=O) groups is 1. The lowest BCUT2D eigenvalue weighted by atomic mass is 10.1. The number of hydrogen-bond acceptors (Lipinski definition) is 7. The number of anilines is 1. The molecule has 0 amide bonds. The van der Waals surface area contributed by atoms with Crippen molar-refractivity contribution >= 4 is 34.2 Å². The van der Waals surface area contributed by atoms with E-state index in [0.717, 1.165) is 29.7 Å². The average molecular weight is 454 g/mol. The van der Waals surface area contributed by atoms with E-state index in [1.54, 1.807) is 18.3 Å². The first-order chi connectivity index (χ1) is 15.5. The molecule has 2 aliphatic heterocycles. The standard InChI is InChI=1S/C16H18ClN5.C7H6O3/c17-12-3-4-14-15(9-12)18-6-5-16(14)22-11-13(19-20-22)10-21-7-1-2-8-21;8-6-4-2-1-3-5(6)7(9)10/h3-6,9,13H,1-2,7-8,10-11H2;1-4,8H,(H,9,10). The number of phenols is 1. The predicted molar refractivity (Wildman–Crippen MR) is 123 cm³/mol. The summed E-state index contributed by atoms with van der Waals surface area (Å²) in [6, 6.07) is 13.8. The molecule has 3 heterocycles. The van der Waals surface area contributed by atoms with E-state index in [4.69, 9.17) is 21.8 Å². The number of likely N-dealkylation sites (tertiary alicyclic amines) is 1. The molecule has 32 heavy (non-hydrogen) atoms. The molecule has 1 atom stereocenters. The van der Waals surface area contributed by atoms with Gasteiger partial charge in [-0.15, -0.1) is 0 Å². The third-order valence-corrected chi connectivity index (χ3v) is 5.70. The Morgan fingerprint density at radius 2 is 1.91 bits per heavy atom. The van der Waals surface area contributed by atoms with Crippen LogP contribution in [0.15, 0.2) is 65.1 Å². The lowest BCUT2D eigenvalue weighted by molar-refractivity contribution is 0.0693. The van der Waals surface area contributed by atoms with Gasteiger partial charge in [-0.1, -0.05) is 29.0 Å². The molecule has 166 valence electrons. The van der Waals surface area contributed by atoms with Crippen molar-refractivity contribution in [3.05, 3.63) is 65.3 Å². The summed E-state index contributed by atoms with van der Waals surface area (Å²) in [7, 11) is 0. The summed E-state index contributed by atoms with van der Waals surface area (Å²) in [5.74, 6) is -1.31. The first-order valence-corrected chi connectivity index (χ1v) is 10.9. The SMILES string of the molecule is Clc1ccc2c(N3CC(CN4CCCC4)N=N3)ccnc2c1.O=C(O)c1ccccc1O. The quantitative estimate of drug-likeness (QED) is 0.597. The van der Waals surface area contributed by atoms with Crippen LogP contribution in [0.5, 0.6) is 5.75 Å². The van der Waals surface area contributed by atoms with Crippen molar-refractivity contribution < 1.29 is 15.0 Å². The van der Waals surface area contributed by atoms with Crippen LogP contribution in [-0.4, -0.2) is 58.3 Å². The van der Waals surface area contributed by atoms with Gasteiger partial charge in [0, 0.05) is 23.2 Å². The maximum Gasteiger partial charge on any atom is 0.339 e. The minimum atomic E-state index is -1.11. The maximum absolute atomic E-state index is 10.3. The molecule has 0 radical (unpaired) electrons. The van der Waals surface area contributed by atoms with Gasteiger partial charge in [-0.25, -0.2) is 9.80 Å². The number of pyridine rings is 1. The molecule has 3 aromatic rings. The molecule has 2 N–H and O–H groups in total. The molecule has 5 rings (SSSR count). The van der Waals surface area contributed by atoms with Crippen molar-refractivity contribution in [2.75, 3.05) is 31.2 Å². The maximum atomic E-state index is 10.3. The van der Waals surface area contributed by atoms with Crippen LogP contribution < -0.4 is 5.01 Å². The minimum Gasteiger partial charge on any atom is -0.507 e. The van der Waals surface area contributed by atoms with Gasteiger partial charge in [-0.05, 0) is 62.3 Å². The lowest BCUT2D eigenvalue weighted by Gasteiger charge is -2.19. The lowest BCUT2D eigenvalue weighted by Crippen LogP contribution is -2.32. The fraction of sp³-hybridized carbons (Fsp3) is 0.304. The molecule has 0 saturated carbocycles. The van der Waals surface area contributed by atoms with Crippen LogP contribution >= 0.6 is 11.6 Å². The molecular formula is C23H24ClN5O3. The summed E-state index contributed by atoms with van der Waals surface area (Å²) in [5.41, 5.74) is 1.88. The summed E-state index contributed by atoms with van der Waals surface area (Å²) in [6.07, 6.45) is 4.42. The van der Waals surface area contributed by atoms with E-state index in [-0.39, 0.29) is 17.4 Å². The van der Waals surface area contributed by atoms with Gasteiger partial charge < -0.3 is 15.1 Å². The van der Waals surface area contributed by atoms with E-state index in [9.17, 15) is 4.79 Å². The molecule has 9 heteroatoms. The van der Waals surface area contributed by atoms with Crippen molar-refractivity contribution in [1.82, 2.24) is 9.88 Å². The summed E-state index contributed by atoms with van der Waals surface area (Å²) < 4.78 is 0. The molecule has 1 aromatic heterocycles. The highest BCUT2D eigenvalue weighted by atomic mass is 35.5. The summed E-state index contributed by atoms with van der Waals surface area (Å²) >= 11 is 6.05. The number of benzene rings is 2. The van der Waals surface area contributed by atoms with Gasteiger partial charge in [0.05, 0.1) is 17.7 Å². The fourth-order valence-electron chi connectivity index (χ4n) is 3.90. The number of fused-ring (bicyclic) bond motifs is 1. The molecule has 1 unspecified atom stereocenters. The highest BCUT2D eigenvalue weighted by molar-refractivity contribution is 6.31. The van der Waals surface area contributed by atoms with Crippen molar-refractivity contribution in [3.8, 4) is 5.75 Å². The summed E-state index contributed by atoms with van der Waals surface area (Å²) in [6.45, 7) is 4.23. The Labute approximate surface area is 190 Å². The van der Waals surface area contributed by atoms with Crippen LogP contribution in [0, 0.1) is 0 Å². The van der Waals surface area contributed by atoms with Gasteiger partial charge in [-0.3, -0.25) is 4.98 Å². The van der Waals surface area contributed by atoms with E-state index in [1.807, 2.05) is 29.3 Å². The number of aromatic hydroxyl groups is 1. The van der Waals surface area contributed by atoms with E-state index in [2.05, 4.69) is 20.2 Å². The van der Waals surface area contributed by atoms with Crippen LogP contribution in [-0.2, 0) is 0 Å².